The largest absolute Gasteiger partial charge is 0.293 e. The fraction of sp³-hybridized carbons (Fsp3) is 0.294. The van der Waals surface area contributed by atoms with Gasteiger partial charge in [0.2, 0.25) is 0 Å². The van der Waals surface area contributed by atoms with Crippen molar-refractivity contribution in [2.45, 2.75) is 32.1 Å². The lowest BCUT2D eigenvalue weighted by molar-refractivity contribution is 0.0950. The van der Waals surface area contributed by atoms with E-state index < -0.39 is 0 Å². The third-order valence-electron chi connectivity index (χ3n) is 3.85. The van der Waals surface area contributed by atoms with Gasteiger partial charge in [-0.15, -0.1) is 0 Å². The number of rotatable bonds is 2. The van der Waals surface area contributed by atoms with E-state index >= 15 is 0 Å². The fourth-order valence-corrected chi connectivity index (χ4v) is 2.92. The Morgan fingerprint density at radius 3 is 2.95 bits per heavy atom. The van der Waals surface area contributed by atoms with E-state index in [1.807, 2.05) is 19.1 Å². The lowest BCUT2D eigenvalue weighted by Gasteiger charge is -2.24. The molecule has 0 spiro atoms. The van der Waals surface area contributed by atoms with Crippen molar-refractivity contribution in [2.75, 3.05) is 0 Å². The van der Waals surface area contributed by atoms with Gasteiger partial charge in [-0.25, -0.2) is 0 Å². The number of carbonyl (C=O) groups excluding carboxylic acids is 1. The molecule has 0 amide bonds. The van der Waals surface area contributed by atoms with Crippen LogP contribution in [0.25, 0.3) is 0 Å². The van der Waals surface area contributed by atoms with Crippen LogP contribution in [0.2, 0.25) is 0 Å². The molecule has 0 aliphatic heterocycles. The van der Waals surface area contributed by atoms with E-state index in [2.05, 4.69) is 23.2 Å². The van der Waals surface area contributed by atoms with Gasteiger partial charge in [0.25, 0.3) is 0 Å². The lowest BCUT2D eigenvalue weighted by atomic mass is 9.79. The molecule has 0 bridgehead atoms. The average Bonchev–Trinajstić information content (AvgIpc) is 2.46. The summed E-state index contributed by atoms with van der Waals surface area (Å²) in [5.41, 5.74) is 4.31. The predicted octanol–water partition coefficient (Wildman–Crippen LogP) is 3.69. The Bertz CT molecular complexity index is 618. The summed E-state index contributed by atoms with van der Waals surface area (Å²) in [6.45, 7) is 1.97. The molecule has 0 saturated heterocycles. The minimum Gasteiger partial charge on any atom is -0.293 e. The maximum Gasteiger partial charge on any atom is 0.171 e. The third kappa shape index (κ3) is 2.30. The molecule has 3 rings (SSSR count). The summed E-state index contributed by atoms with van der Waals surface area (Å²) in [5, 5.41) is 0. The molecular formula is C17H17NO. The van der Waals surface area contributed by atoms with E-state index in [0.717, 1.165) is 30.4 Å². The molecule has 1 aromatic carbocycles. The van der Waals surface area contributed by atoms with Crippen LogP contribution in [0, 0.1) is 6.92 Å². The number of carbonyl (C=O) groups is 1. The van der Waals surface area contributed by atoms with E-state index in [0.29, 0.717) is 0 Å². The highest BCUT2D eigenvalue weighted by Gasteiger charge is 2.27. The summed E-state index contributed by atoms with van der Waals surface area (Å²) in [4.78, 5) is 16.8. The van der Waals surface area contributed by atoms with Gasteiger partial charge < -0.3 is 0 Å². The number of benzene rings is 1. The van der Waals surface area contributed by atoms with Crippen LogP contribution in [0.4, 0.5) is 0 Å². The normalized spacial score (nSPS) is 17.8. The molecule has 2 aromatic rings. The Labute approximate surface area is 113 Å². The monoisotopic (exact) mass is 251 g/mol. The smallest absolute Gasteiger partial charge is 0.171 e. The Hall–Kier alpha value is -1.96. The predicted molar refractivity (Wildman–Crippen MR) is 75.4 cm³/mol. The number of aromatic nitrogens is 1. The first kappa shape index (κ1) is 12.1. The van der Waals surface area contributed by atoms with Crippen LogP contribution in [0.1, 0.15) is 45.8 Å². The van der Waals surface area contributed by atoms with Gasteiger partial charge in [0.1, 0.15) is 0 Å². The zero-order valence-electron chi connectivity index (χ0n) is 11.1. The molecule has 96 valence electrons. The zero-order chi connectivity index (χ0) is 13.2. The summed E-state index contributed by atoms with van der Waals surface area (Å²) in [7, 11) is 0. The van der Waals surface area contributed by atoms with Crippen molar-refractivity contribution in [3.63, 3.8) is 0 Å². The van der Waals surface area contributed by atoms with Crippen molar-refractivity contribution in [2.24, 2.45) is 0 Å². The molecule has 0 radical (unpaired) electrons. The van der Waals surface area contributed by atoms with Crippen LogP contribution in [-0.2, 0) is 6.42 Å². The molecule has 2 heteroatoms. The standard InChI is InChI=1S/C17H17NO/c1-12-9-14(11-18-10-12)17(19)16-8-4-6-13-5-2-3-7-15(13)16/h2-3,5,7,9-11,16H,4,6,8H2,1H3. The molecule has 1 aliphatic carbocycles. The fourth-order valence-electron chi connectivity index (χ4n) is 2.92. The van der Waals surface area contributed by atoms with Crippen LogP contribution in [0.5, 0.6) is 0 Å². The average molecular weight is 251 g/mol. The molecule has 0 saturated carbocycles. The third-order valence-corrected chi connectivity index (χ3v) is 3.85. The maximum absolute atomic E-state index is 12.7. The highest BCUT2D eigenvalue weighted by molar-refractivity contribution is 6.01. The van der Waals surface area contributed by atoms with E-state index in [1.54, 1.807) is 12.4 Å². The summed E-state index contributed by atoms with van der Waals surface area (Å²) in [5.74, 6) is 0.219. The number of hydrogen-bond acceptors (Lipinski definition) is 2. The summed E-state index contributed by atoms with van der Waals surface area (Å²) >= 11 is 0. The molecule has 0 N–H and O–H groups in total. The number of pyridine rings is 1. The van der Waals surface area contributed by atoms with Crippen molar-refractivity contribution in [1.29, 1.82) is 0 Å². The van der Waals surface area contributed by atoms with Crippen molar-refractivity contribution in [1.82, 2.24) is 4.98 Å². The Morgan fingerprint density at radius 1 is 1.26 bits per heavy atom. The molecule has 1 unspecified atom stereocenters. The number of fused-ring (bicyclic) bond motifs is 1. The van der Waals surface area contributed by atoms with Gasteiger partial charge in [-0.3, -0.25) is 9.78 Å². The molecule has 19 heavy (non-hydrogen) atoms. The summed E-state index contributed by atoms with van der Waals surface area (Å²) < 4.78 is 0. The van der Waals surface area contributed by atoms with Crippen molar-refractivity contribution in [3.05, 3.63) is 65.0 Å². The molecule has 2 nitrogen and oxygen atoms in total. The Morgan fingerprint density at radius 2 is 2.11 bits per heavy atom. The lowest BCUT2D eigenvalue weighted by Crippen LogP contribution is -2.19. The quantitative estimate of drug-likeness (QED) is 0.762. The van der Waals surface area contributed by atoms with Gasteiger partial charge in [-0.2, -0.15) is 0 Å². The van der Waals surface area contributed by atoms with Crippen LogP contribution >= 0.6 is 0 Å². The summed E-state index contributed by atoms with van der Waals surface area (Å²) in [6.07, 6.45) is 6.60. The summed E-state index contributed by atoms with van der Waals surface area (Å²) in [6, 6.07) is 10.3. The van der Waals surface area contributed by atoms with Gasteiger partial charge in [-0.1, -0.05) is 24.3 Å². The second kappa shape index (κ2) is 4.96. The molecule has 1 heterocycles. The van der Waals surface area contributed by atoms with Crippen LogP contribution < -0.4 is 0 Å². The topological polar surface area (TPSA) is 30.0 Å². The molecule has 1 aromatic heterocycles. The SMILES string of the molecule is Cc1cncc(C(=O)C2CCCc3ccccc32)c1. The van der Waals surface area contributed by atoms with Crippen LogP contribution in [0.15, 0.2) is 42.7 Å². The minimum absolute atomic E-state index is 0.00792. The molecule has 0 fully saturated rings. The second-order valence-corrected chi connectivity index (χ2v) is 5.26. The molecule has 1 aliphatic rings. The van der Waals surface area contributed by atoms with E-state index in [-0.39, 0.29) is 11.7 Å². The number of ketones is 1. The zero-order valence-corrected chi connectivity index (χ0v) is 11.1. The number of nitrogens with zero attached hydrogens (tertiary/aromatic N) is 1. The first-order valence-electron chi connectivity index (χ1n) is 6.79. The maximum atomic E-state index is 12.7. The molecule has 1 atom stereocenters. The Balaban J connectivity index is 1.98. The highest BCUT2D eigenvalue weighted by Crippen LogP contribution is 2.33. The first-order valence-corrected chi connectivity index (χ1v) is 6.79. The van der Waals surface area contributed by atoms with Crippen LogP contribution in [-0.4, -0.2) is 10.8 Å². The van der Waals surface area contributed by atoms with E-state index in [1.165, 1.54) is 11.1 Å². The number of Topliss-reactive ketones (excluding diaryl/α,β-unsaturated/α-hetero) is 1. The van der Waals surface area contributed by atoms with E-state index in [4.69, 9.17) is 0 Å². The van der Waals surface area contributed by atoms with Crippen LogP contribution in [0.3, 0.4) is 0 Å². The van der Waals surface area contributed by atoms with Gasteiger partial charge in [0.15, 0.2) is 5.78 Å². The van der Waals surface area contributed by atoms with Gasteiger partial charge in [0.05, 0.1) is 0 Å². The van der Waals surface area contributed by atoms with Crippen molar-refractivity contribution in [3.8, 4) is 0 Å². The van der Waals surface area contributed by atoms with Gasteiger partial charge in [-0.05, 0) is 48.9 Å². The second-order valence-electron chi connectivity index (χ2n) is 5.26. The number of hydrogen-bond donors (Lipinski definition) is 0. The van der Waals surface area contributed by atoms with Crippen molar-refractivity contribution >= 4 is 5.78 Å². The van der Waals surface area contributed by atoms with Crippen molar-refractivity contribution < 1.29 is 4.79 Å². The highest BCUT2D eigenvalue weighted by atomic mass is 16.1. The Kier molecular flexibility index (Phi) is 3.16. The van der Waals surface area contributed by atoms with Gasteiger partial charge >= 0.3 is 0 Å². The first-order chi connectivity index (χ1) is 9.25. The minimum atomic E-state index is 0.00792. The van der Waals surface area contributed by atoms with Gasteiger partial charge in [0, 0.05) is 23.9 Å². The number of aryl methyl sites for hydroxylation is 2. The van der Waals surface area contributed by atoms with E-state index in [9.17, 15) is 4.79 Å². The molecular weight excluding hydrogens is 234 g/mol.